The summed E-state index contributed by atoms with van der Waals surface area (Å²) in [6.07, 6.45) is -0.595. The molecule has 1 N–H and O–H groups in total. The van der Waals surface area contributed by atoms with Crippen molar-refractivity contribution >= 4 is 39.3 Å². The second-order valence-corrected chi connectivity index (χ2v) is 9.97. The molecular formula is C21H18ClFN4O5S. The number of sulfonamides is 1. The van der Waals surface area contributed by atoms with Gasteiger partial charge in [-0.05, 0) is 23.8 Å². The molecule has 9 nitrogen and oxygen atoms in total. The van der Waals surface area contributed by atoms with Crippen LogP contribution in [0.2, 0.25) is 5.02 Å². The fraction of sp³-hybridized carbons (Fsp3) is 0.333. The Labute approximate surface area is 194 Å². The molecule has 2 aliphatic rings. The molecular weight excluding hydrogens is 475 g/mol. The number of hydrogen-bond donors (Lipinski definition) is 1. The summed E-state index contributed by atoms with van der Waals surface area (Å²) < 4.78 is 46.8. The standard InChI is InChI=1S/C21H18ClFN4O5S/c22-15-3-1-13(2-4-15)12-33(30,31)26-20(29)21(23)5-7-27(8-6-21)18-14(10-24)9-16-17(25-18)11-32-19(16)28/h1-4,9H,5-8,11-12H2,(H,26,29). The van der Waals surface area contributed by atoms with Crippen molar-refractivity contribution in [3.8, 4) is 6.07 Å². The molecule has 12 heteroatoms. The number of hydrogen-bond acceptors (Lipinski definition) is 8. The molecule has 1 amide bonds. The summed E-state index contributed by atoms with van der Waals surface area (Å²) in [5.74, 6) is -2.01. The number of aromatic nitrogens is 1. The minimum Gasteiger partial charge on any atom is -0.455 e. The van der Waals surface area contributed by atoms with Crippen LogP contribution in [-0.2, 0) is 31.9 Å². The molecule has 4 rings (SSSR count). The van der Waals surface area contributed by atoms with E-state index >= 15 is 4.39 Å². The van der Waals surface area contributed by atoms with Crippen LogP contribution in [0.25, 0.3) is 0 Å². The number of anilines is 1. The maximum atomic E-state index is 15.4. The van der Waals surface area contributed by atoms with E-state index in [1.807, 2.05) is 10.8 Å². The number of alkyl halides is 1. The van der Waals surface area contributed by atoms with Crippen LogP contribution in [-0.4, -0.2) is 44.0 Å². The van der Waals surface area contributed by atoms with Crippen LogP contribution in [0.15, 0.2) is 30.3 Å². The van der Waals surface area contributed by atoms with Crippen LogP contribution in [0.4, 0.5) is 10.2 Å². The number of nitrogens with one attached hydrogen (secondary N) is 1. The lowest BCUT2D eigenvalue weighted by Crippen LogP contribution is -2.52. The van der Waals surface area contributed by atoms with E-state index in [0.717, 1.165) is 0 Å². The van der Waals surface area contributed by atoms with E-state index in [2.05, 4.69) is 4.98 Å². The van der Waals surface area contributed by atoms with Crippen molar-refractivity contribution in [1.29, 1.82) is 5.26 Å². The van der Waals surface area contributed by atoms with E-state index in [-0.39, 0.29) is 49.5 Å². The zero-order chi connectivity index (χ0) is 23.8. The summed E-state index contributed by atoms with van der Waals surface area (Å²) in [6, 6.07) is 9.41. The van der Waals surface area contributed by atoms with Gasteiger partial charge in [0.2, 0.25) is 10.0 Å². The minimum atomic E-state index is -4.12. The number of carbonyl (C=O) groups is 2. The lowest BCUT2D eigenvalue weighted by molar-refractivity contribution is -0.132. The van der Waals surface area contributed by atoms with E-state index in [1.54, 1.807) is 4.90 Å². The van der Waals surface area contributed by atoms with Gasteiger partial charge in [-0.25, -0.2) is 22.6 Å². The first-order valence-corrected chi connectivity index (χ1v) is 12.0. The fourth-order valence-corrected chi connectivity index (χ4v) is 5.03. The quantitative estimate of drug-likeness (QED) is 0.629. The Hall–Kier alpha value is -3.23. The highest BCUT2D eigenvalue weighted by Gasteiger charge is 2.44. The molecule has 33 heavy (non-hydrogen) atoms. The number of carbonyl (C=O) groups excluding carboxylic acids is 2. The first kappa shape index (κ1) is 22.9. The topological polar surface area (TPSA) is 129 Å². The molecule has 0 unspecified atom stereocenters. The lowest BCUT2D eigenvalue weighted by Gasteiger charge is -2.36. The summed E-state index contributed by atoms with van der Waals surface area (Å²) in [5.41, 5.74) is -1.26. The maximum absolute atomic E-state index is 15.4. The number of piperidine rings is 1. The molecule has 3 heterocycles. The van der Waals surface area contributed by atoms with Crippen molar-refractivity contribution in [3.63, 3.8) is 0 Å². The SMILES string of the molecule is N#Cc1cc2c(nc1N1CCC(F)(C(=O)NS(=O)(=O)Cc3ccc(Cl)cc3)CC1)COC2=O. The molecule has 0 saturated carbocycles. The van der Waals surface area contributed by atoms with Gasteiger partial charge in [-0.15, -0.1) is 0 Å². The zero-order valence-corrected chi connectivity index (χ0v) is 18.7. The Morgan fingerprint density at radius 2 is 1.97 bits per heavy atom. The van der Waals surface area contributed by atoms with Crippen molar-refractivity contribution in [2.45, 2.75) is 30.9 Å². The summed E-state index contributed by atoms with van der Waals surface area (Å²) in [5, 5.41) is 9.88. The maximum Gasteiger partial charge on any atom is 0.340 e. The molecule has 1 fully saturated rings. The van der Waals surface area contributed by atoms with Crippen molar-refractivity contribution in [2.75, 3.05) is 18.0 Å². The number of pyridine rings is 1. The van der Waals surface area contributed by atoms with Crippen LogP contribution in [0.3, 0.4) is 0 Å². The highest BCUT2D eigenvalue weighted by molar-refractivity contribution is 7.89. The molecule has 2 aromatic rings. The van der Waals surface area contributed by atoms with Crippen molar-refractivity contribution < 1.29 is 27.1 Å². The number of nitrogens with zero attached hydrogens (tertiary/aromatic N) is 3. The highest BCUT2D eigenvalue weighted by atomic mass is 35.5. The van der Waals surface area contributed by atoms with Crippen LogP contribution in [0, 0.1) is 11.3 Å². The molecule has 0 radical (unpaired) electrons. The van der Waals surface area contributed by atoms with Crippen molar-refractivity contribution in [3.05, 3.63) is 57.7 Å². The van der Waals surface area contributed by atoms with Gasteiger partial charge in [0.15, 0.2) is 5.67 Å². The van der Waals surface area contributed by atoms with E-state index < -0.39 is 33.3 Å². The summed E-state index contributed by atoms with van der Waals surface area (Å²) in [7, 11) is -4.12. The number of ether oxygens (including phenoxy) is 1. The van der Waals surface area contributed by atoms with Gasteiger partial charge in [-0.2, -0.15) is 5.26 Å². The molecule has 0 aliphatic carbocycles. The molecule has 1 aromatic heterocycles. The number of esters is 1. The Balaban J connectivity index is 1.43. The molecule has 0 spiro atoms. The van der Waals surface area contributed by atoms with Gasteiger partial charge in [0.1, 0.15) is 18.5 Å². The zero-order valence-electron chi connectivity index (χ0n) is 17.2. The Morgan fingerprint density at radius 3 is 2.61 bits per heavy atom. The molecule has 2 aliphatic heterocycles. The normalized spacial score (nSPS) is 17.1. The largest absolute Gasteiger partial charge is 0.455 e. The lowest BCUT2D eigenvalue weighted by atomic mass is 9.92. The molecule has 172 valence electrons. The van der Waals surface area contributed by atoms with Crippen LogP contribution in [0.1, 0.15) is 40.0 Å². The smallest absolute Gasteiger partial charge is 0.340 e. The molecule has 1 aromatic carbocycles. The first-order valence-electron chi connectivity index (χ1n) is 9.94. The minimum absolute atomic E-state index is 0.0123. The fourth-order valence-electron chi connectivity index (χ4n) is 3.73. The average Bonchev–Trinajstić information content (AvgIpc) is 3.14. The van der Waals surface area contributed by atoms with Gasteiger partial charge in [-0.1, -0.05) is 23.7 Å². The van der Waals surface area contributed by atoms with E-state index in [0.29, 0.717) is 16.3 Å². The Morgan fingerprint density at radius 1 is 1.30 bits per heavy atom. The molecule has 0 bridgehead atoms. The van der Waals surface area contributed by atoms with Gasteiger partial charge in [0.25, 0.3) is 5.91 Å². The summed E-state index contributed by atoms with van der Waals surface area (Å²) >= 11 is 5.78. The van der Waals surface area contributed by atoms with Crippen molar-refractivity contribution in [2.24, 2.45) is 0 Å². The highest BCUT2D eigenvalue weighted by Crippen LogP contribution is 2.32. The third-order valence-electron chi connectivity index (χ3n) is 5.54. The number of amides is 1. The Kier molecular flexibility index (Phi) is 5.99. The third kappa shape index (κ3) is 4.77. The van der Waals surface area contributed by atoms with E-state index in [1.165, 1.54) is 30.3 Å². The summed E-state index contributed by atoms with van der Waals surface area (Å²) in [4.78, 5) is 30.2. The van der Waals surface area contributed by atoms with Crippen LogP contribution < -0.4 is 9.62 Å². The predicted molar refractivity (Wildman–Crippen MR) is 116 cm³/mol. The number of benzene rings is 1. The van der Waals surface area contributed by atoms with Crippen LogP contribution >= 0.6 is 11.6 Å². The number of halogens is 2. The summed E-state index contributed by atoms with van der Waals surface area (Å²) in [6.45, 7) is 0.0362. The second kappa shape index (κ2) is 8.61. The van der Waals surface area contributed by atoms with Gasteiger partial charge in [0, 0.05) is 31.0 Å². The molecule has 0 atom stereocenters. The van der Waals surface area contributed by atoms with Gasteiger partial charge >= 0.3 is 5.97 Å². The second-order valence-electron chi connectivity index (χ2n) is 7.81. The monoisotopic (exact) mass is 492 g/mol. The van der Waals surface area contributed by atoms with Crippen molar-refractivity contribution in [1.82, 2.24) is 9.71 Å². The van der Waals surface area contributed by atoms with Crippen LogP contribution in [0.5, 0.6) is 0 Å². The number of rotatable bonds is 5. The Bertz CT molecular complexity index is 1270. The first-order chi connectivity index (χ1) is 15.6. The predicted octanol–water partition coefficient (Wildman–Crippen LogP) is 2.23. The number of fused-ring (bicyclic) bond motifs is 1. The van der Waals surface area contributed by atoms with E-state index in [4.69, 9.17) is 16.3 Å². The third-order valence-corrected chi connectivity index (χ3v) is 7.00. The average molecular weight is 493 g/mol. The number of cyclic esters (lactones) is 1. The molecule has 1 saturated heterocycles. The van der Waals surface area contributed by atoms with Gasteiger partial charge in [-0.3, -0.25) is 9.52 Å². The number of nitriles is 1. The van der Waals surface area contributed by atoms with E-state index in [9.17, 15) is 23.3 Å². The van der Waals surface area contributed by atoms with Gasteiger partial charge in [0.05, 0.1) is 22.6 Å². The van der Waals surface area contributed by atoms with Gasteiger partial charge < -0.3 is 9.64 Å².